The maximum atomic E-state index is 11.3. The first-order valence-electron chi connectivity index (χ1n) is 2.43. The van der Waals surface area contributed by atoms with E-state index >= 15 is 0 Å². The molecule has 0 atom stereocenters. The van der Waals surface area contributed by atoms with Gasteiger partial charge in [-0.3, -0.25) is 9.59 Å². The first-order chi connectivity index (χ1) is 4.34. The van der Waals surface area contributed by atoms with Crippen molar-refractivity contribution >= 4 is 30.4 Å². The van der Waals surface area contributed by atoms with E-state index in [0.29, 0.717) is 0 Å². The molecule has 0 unspecified atom stereocenters. The number of hydrogen-bond donors (Lipinski definition) is 0. The summed E-state index contributed by atoms with van der Waals surface area (Å²) in [6.07, 6.45) is -5.92. The Balaban J connectivity index is 0. The van der Waals surface area contributed by atoms with Gasteiger partial charge in [0.2, 0.25) is 5.78 Å². The second kappa shape index (κ2) is 4.57. The molecule has 0 aliphatic heterocycles. The van der Waals surface area contributed by atoms with Gasteiger partial charge < -0.3 is 0 Å². The molecular formula is C5H6F3LiO2. The number of carbonyl (C=O) groups excluding carboxylic acids is 2. The molecule has 0 saturated carbocycles. The number of alkyl halides is 3. The van der Waals surface area contributed by atoms with Gasteiger partial charge in [0.25, 0.3) is 0 Å². The zero-order valence-electron chi connectivity index (χ0n) is 5.16. The fourth-order valence-corrected chi connectivity index (χ4v) is 0.326. The van der Waals surface area contributed by atoms with Crippen molar-refractivity contribution in [3.05, 3.63) is 0 Å². The molecule has 0 N–H and O–H groups in total. The van der Waals surface area contributed by atoms with Gasteiger partial charge in [-0.15, -0.1) is 0 Å². The van der Waals surface area contributed by atoms with Crippen LogP contribution in [0.15, 0.2) is 0 Å². The van der Waals surface area contributed by atoms with Gasteiger partial charge in [-0.25, -0.2) is 0 Å². The molecule has 0 bridgehead atoms. The fraction of sp³-hybridized carbons (Fsp3) is 0.600. The number of carbonyl (C=O) groups is 2. The molecule has 2 nitrogen and oxygen atoms in total. The first-order valence-corrected chi connectivity index (χ1v) is 2.43. The number of ketones is 2. The van der Waals surface area contributed by atoms with Crippen LogP contribution in [0.5, 0.6) is 0 Å². The van der Waals surface area contributed by atoms with Crippen LogP contribution in [0.1, 0.15) is 13.3 Å². The molecule has 0 aliphatic carbocycles. The summed E-state index contributed by atoms with van der Waals surface area (Å²) in [4.78, 5) is 19.9. The van der Waals surface area contributed by atoms with Crippen molar-refractivity contribution in [1.29, 1.82) is 0 Å². The minimum absolute atomic E-state index is 0. The molecule has 6 heteroatoms. The topological polar surface area (TPSA) is 34.1 Å². The molecule has 0 spiro atoms. The van der Waals surface area contributed by atoms with Crippen molar-refractivity contribution in [1.82, 2.24) is 0 Å². The van der Waals surface area contributed by atoms with E-state index in [1.807, 2.05) is 0 Å². The van der Waals surface area contributed by atoms with Crippen molar-refractivity contribution in [2.45, 2.75) is 19.5 Å². The van der Waals surface area contributed by atoms with Crippen LogP contribution in [0.2, 0.25) is 0 Å². The van der Waals surface area contributed by atoms with Crippen molar-refractivity contribution in [2.75, 3.05) is 0 Å². The van der Waals surface area contributed by atoms with Gasteiger partial charge in [0.15, 0.2) is 0 Å². The van der Waals surface area contributed by atoms with E-state index in [1.165, 1.54) is 0 Å². The molecular weight excluding hydrogens is 156 g/mol. The number of rotatable bonds is 2. The Morgan fingerprint density at radius 3 is 1.73 bits per heavy atom. The minimum atomic E-state index is -4.87. The second-order valence-corrected chi connectivity index (χ2v) is 1.80. The van der Waals surface area contributed by atoms with Crippen molar-refractivity contribution in [3.63, 3.8) is 0 Å². The van der Waals surface area contributed by atoms with Gasteiger partial charge >= 0.3 is 25.0 Å². The fourth-order valence-electron chi connectivity index (χ4n) is 0.326. The standard InChI is InChI=1S/C5H5F3O2.Li.H/c1-3(9)2-4(10)5(6,7)8;;/h2H2,1H3;;. The summed E-state index contributed by atoms with van der Waals surface area (Å²) in [6.45, 7) is 0.934. The molecule has 0 saturated heterocycles. The SMILES string of the molecule is CC(=O)CC(=O)C(F)(F)F.[LiH]. The van der Waals surface area contributed by atoms with E-state index in [9.17, 15) is 22.8 Å². The van der Waals surface area contributed by atoms with Crippen LogP contribution in [-0.2, 0) is 9.59 Å². The average molecular weight is 162 g/mol. The maximum absolute atomic E-state index is 11.3. The predicted molar refractivity (Wildman–Crippen MR) is 33.5 cm³/mol. The average Bonchev–Trinajstić information content (AvgIpc) is 1.60. The summed E-state index contributed by atoms with van der Waals surface area (Å²) in [5.41, 5.74) is 0. The van der Waals surface area contributed by atoms with Crippen LogP contribution in [0.3, 0.4) is 0 Å². The van der Waals surface area contributed by atoms with Crippen LogP contribution in [-0.4, -0.2) is 36.6 Å². The van der Waals surface area contributed by atoms with E-state index < -0.39 is 24.2 Å². The quantitative estimate of drug-likeness (QED) is 0.436. The molecule has 0 aromatic carbocycles. The molecule has 0 heterocycles. The zero-order valence-corrected chi connectivity index (χ0v) is 5.16. The molecule has 0 aromatic rings. The van der Waals surface area contributed by atoms with Crippen LogP contribution in [0, 0.1) is 0 Å². The molecule has 60 valence electrons. The van der Waals surface area contributed by atoms with Gasteiger partial charge in [-0.1, -0.05) is 0 Å². The summed E-state index contributed by atoms with van der Waals surface area (Å²) in [5.74, 6) is -2.76. The van der Waals surface area contributed by atoms with Crippen LogP contribution in [0.4, 0.5) is 13.2 Å². The number of Topliss-reactive ketones (excluding diaryl/α,β-unsaturated/α-hetero) is 2. The summed E-state index contributed by atoms with van der Waals surface area (Å²) < 4.78 is 33.9. The third-order valence-corrected chi connectivity index (χ3v) is 0.726. The molecule has 0 radical (unpaired) electrons. The molecule has 11 heavy (non-hydrogen) atoms. The summed E-state index contributed by atoms with van der Waals surface area (Å²) >= 11 is 0. The van der Waals surface area contributed by atoms with Gasteiger partial charge in [0, 0.05) is 0 Å². The van der Waals surface area contributed by atoms with Crippen LogP contribution >= 0.6 is 0 Å². The van der Waals surface area contributed by atoms with Crippen molar-refractivity contribution < 1.29 is 22.8 Å². The van der Waals surface area contributed by atoms with E-state index in [-0.39, 0.29) is 18.9 Å². The Hall–Kier alpha value is -0.273. The Morgan fingerprint density at radius 1 is 1.27 bits per heavy atom. The Morgan fingerprint density at radius 2 is 1.64 bits per heavy atom. The molecule has 0 rings (SSSR count). The van der Waals surface area contributed by atoms with Gasteiger partial charge in [-0.2, -0.15) is 13.2 Å². The predicted octanol–water partition coefficient (Wildman–Crippen LogP) is 0.448. The molecule has 0 fully saturated rings. The molecule has 0 aromatic heterocycles. The number of hydrogen-bond acceptors (Lipinski definition) is 2. The Kier molecular flexibility index (Phi) is 5.54. The van der Waals surface area contributed by atoms with Gasteiger partial charge in [0.1, 0.15) is 5.78 Å². The number of halogens is 3. The van der Waals surface area contributed by atoms with Crippen molar-refractivity contribution in [2.24, 2.45) is 0 Å². The van der Waals surface area contributed by atoms with E-state index in [2.05, 4.69) is 0 Å². The van der Waals surface area contributed by atoms with E-state index in [0.717, 1.165) is 6.92 Å². The van der Waals surface area contributed by atoms with Crippen molar-refractivity contribution in [3.8, 4) is 0 Å². The third kappa shape index (κ3) is 6.14. The van der Waals surface area contributed by atoms with Gasteiger partial charge in [-0.05, 0) is 6.92 Å². The van der Waals surface area contributed by atoms with Crippen LogP contribution in [0.25, 0.3) is 0 Å². The molecule has 0 aliphatic rings. The Labute approximate surface area is 73.3 Å². The summed E-state index contributed by atoms with van der Waals surface area (Å²) in [7, 11) is 0. The summed E-state index contributed by atoms with van der Waals surface area (Å²) in [6, 6.07) is 0. The van der Waals surface area contributed by atoms with E-state index in [4.69, 9.17) is 0 Å². The van der Waals surface area contributed by atoms with Gasteiger partial charge in [0.05, 0.1) is 6.42 Å². The third-order valence-electron chi connectivity index (χ3n) is 0.726. The second-order valence-electron chi connectivity index (χ2n) is 1.80. The first kappa shape index (κ1) is 13.3. The normalized spacial score (nSPS) is 10.2. The van der Waals surface area contributed by atoms with E-state index in [1.54, 1.807) is 0 Å². The summed E-state index contributed by atoms with van der Waals surface area (Å²) in [5, 5.41) is 0. The van der Waals surface area contributed by atoms with Crippen LogP contribution < -0.4 is 0 Å². The monoisotopic (exact) mass is 162 g/mol. The zero-order chi connectivity index (χ0) is 8.36. The molecule has 0 amide bonds. The Bertz CT molecular complexity index is 164.